The average Bonchev–Trinajstić information content (AvgIpc) is 2.74. The van der Waals surface area contributed by atoms with Crippen LogP contribution in [0.25, 0.3) is 11.1 Å². The van der Waals surface area contributed by atoms with Gasteiger partial charge in [0.15, 0.2) is 5.58 Å². The molecule has 4 nitrogen and oxygen atoms in total. The van der Waals surface area contributed by atoms with E-state index in [1.165, 1.54) is 19.3 Å². The van der Waals surface area contributed by atoms with Crippen LogP contribution in [0, 0.1) is 11.8 Å². The minimum absolute atomic E-state index is 0.396. The molecule has 1 aliphatic carbocycles. The largest absolute Gasteiger partial charge is 0.417 e. The van der Waals surface area contributed by atoms with Crippen molar-refractivity contribution in [3.8, 4) is 0 Å². The van der Waals surface area contributed by atoms with Crippen molar-refractivity contribution in [2.75, 3.05) is 5.32 Å². The molecule has 2 N–H and O–H groups in total. The number of fused-ring (bicyclic) bond motifs is 1. The maximum atomic E-state index is 11.1. The van der Waals surface area contributed by atoms with Crippen LogP contribution in [-0.2, 0) is 0 Å². The van der Waals surface area contributed by atoms with E-state index in [0.29, 0.717) is 17.5 Å². The van der Waals surface area contributed by atoms with Gasteiger partial charge in [0.2, 0.25) is 0 Å². The second-order valence-electron chi connectivity index (χ2n) is 5.74. The Hall–Kier alpha value is -1.71. The monoisotopic (exact) mass is 260 g/mol. The van der Waals surface area contributed by atoms with Crippen LogP contribution in [0.15, 0.2) is 27.4 Å². The van der Waals surface area contributed by atoms with Crippen molar-refractivity contribution < 1.29 is 4.42 Å². The number of hydrogen-bond donors (Lipinski definition) is 2. The van der Waals surface area contributed by atoms with E-state index in [1.807, 2.05) is 18.2 Å². The average molecular weight is 260 g/mol. The van der Waals surface area contributed by atoms with Gasteiger partial charge in [-0.2, -0.15) is 0 Å². The van der Waals surface area contributed by atoms with Gasteiger partial charge < -0.3 is 9.73 Å². The number of H-pyrrole nitrogens is 1. The SMILES string of the molecule is CC1CCCC(Nc2ccc3oc(=O)[nH]c3c2)C1C. The minimum atomic E-state index is -0.396. The van der Waals surface area contributed by atoms with Crippen LogP contribution < -0.4 is 11.1 Å². The molecular weight excluding hydrogens is 240 g/mol. The fourth-order valence-corrected chi connectivity index (χ4v) is 3.04. The molecule has 1 fully saturated rings. The van der Waals surface area contributed by atoms with Crippen molar-refractivity contribution in [3.63, 3.8) is 0 Å². The molecule has 0 radical (unpaired) electrons. The van der Waals surface area contributed by atoms with E-state index in [9.17, 15) is 4.79 Å². The second kappa shape index (κ2) is 4.76. The number of hydrogen-bond acceptors (Lipinski definition) is 3. The van der Waals surface area contributed by atoms with Crippen molar-refractivity contribution in [2.45, 2.75) is 39.2 Å². The number of oxazole rings is 1. The fourth-order valence-electron chi connectivity index (χ4n) is 3.04. The predicted octanol–water partition coefficient (Wildman–Crippen LogP) is 3.36. The van der Waals surface area contributed by atoms with Crippen molar-refractivity contribution >= 4 is 16.8 Å². The normalized spacial score (nSPS) is 27.6. The van der Waals surface area contributed by atoms with Gasteiger partial charge in [-0.15, -0.1) is 0 Å². The number of anilines is 1. The number of aromatic amines is 1. The molecule has 0 amide bonds. The third-order valence-electron chi connectivity index (χ3n) is 4.48. The summed E-state index contributed by atoms with van der Waals surface area (Å²) < 4.78 is 5.01. The number of nitrogens with one attached hydrogen (secondary N) is 2. The summed E-state index contributed by atoms with van der Waals surface area (Å²) in [4.78, 5) is 13.8. The topological polar surface area (TPSA) is 58.0 Å². The first-order valence-corrected chi connectivity index (χ1v) is 7.03. The first-order chi connectivity index (χ1) is 9.13. The summed E-state index contributed by atoms with van der Waals surface area (Å²) in [5.41, 5.74) is 2.42. The number of rotatable bonds is 2. The van der Waals surface area contributed by atoms with Crippen LogP contribution in [0.4, 0.5) is 5.69 Å². The van der Waals surface area contributed by atoms with Crippen LogP contribution >= 0.6 is 0 Å². The lowest BCUT2D eigenvalue weighted by Gasteiger charge is -2.35. The van der Waals surface area contributed by atoms with Gasteiger partial charge in [-0.1, -0.05) is 26.7 Å². The van der Waals surface area contributed by atoms with E-state index >= 15 is 0 Å². The molecule has 0 spiro atoms. The highest BCUT2D eigenvalue weighted by Crippen LogP contribution is 2.31. The van der Waals surface area contributed by atoms with Crippen LogP contribution in [0.5, 0.6) is 0 Å². The van der Waals surface area contributed by atoms with E-state index in [-0.39, 0.29) is 0 Å². The Labute approximate surface area is 112 Å². The Kier molecular flexibility index (Phi) is 3.09. The highest BCUT2D eigenvalue weighted by molar-refractivity contribution is 5.76. The molecule has 3 unspecified atom stereocenters. The van der Waals surface area contributed by atoms with Gasteiger partial charge >= 0.3 is 5.76 Å². The highest BCUT2D eigenvalue weighted by Gasteiger charge is 2.26. The van der Waals surface area contributed by atoms with Crippen LogP contribution in [0.3, 0.4) is 0 Å². The van der Waals surface area contributed by atoms with E-state index in [2.05, 4.69) is 24.1 Å². The zero-order valence-electron chi connectivity index (χ0n) is 11.4. The van der Waals surface area contributed by atoms with Crippen LogP contribution in [-0.4, -0.2) is 11.0 Å². The fraction of sp³-hybridized carbons (Fsp3) is 0.533. The van der Waals surface area contributed by atoms with E-state index in [0.717, 1.165) is 17.1 Å². The molecular formula is C15H20N2O2. The number of benzene rings is 1. The van der Waals surface area contributed by atoms with Gasteiger partial charge in [-0.3, -0.25) is 4.98 Å². The number of aromatic nitrogens is 1. The Balaban J connectivity index is 1.82. The Morgan fingerprint density at radius 3 is 3.00 bits per heavy atom. The molecule has 2 aromatic rings. The molecule has 1 aromatic carbocycles. The molecule has 3 rings (SSSR count). The molecule has 102 valence electrons. The molecule has 19 heavy (non-hydrogen) atoms. The molecule has 3 atom stereocenters. The molecule has 0 saturated heterocycles. The molecule has 0 aliphatic heterocycles. The summed E-state index contributed by atoms with van der Waals surface area (Å²) in [5, 5.41) is 3.60. The lowest BCUT2D eigenvalue weighted by molar-refractivity contribution is 0.253. The molecule has 4 heteroatoms. The van der Waals surface area contributed by atoms with Gasteiger partial charge in [0.1, 0.15) is 0 Å². The molecule has 1 saturated carbocycles. The Morgan fingerprint density at radius 1 is 1.32 bits per heavy atom. The van der Waals surface area contributed by atoms with Crippen molar-refractivity contribution in [2.24, 2.45) is 11.8 Å². The highest BCUT2D eigenvalue weighted by atomic mass is 16.4. The standard InChI is InChI=1S/C15H20N2O2/c1-9-4-3-5-12(10(9)2)16-11-6-7-14-13(8-11)17-15(18)19-14/h6-10,12,16H,3-5H2,1-2H3,(H,17,18). The van der Waals surface area contributed by atoms with Gasteiger partial charge in [0.05, 0.1) is 5.52 Å². The van der Waals surface area contributed by atoms with Gasteiger partial charge in [-0.05, 0) is 36.5 Å². The van der Waals surface area contributed by atoms with E-state index in [4.69, 9.17) is 4.42 Å². The molecule has 1 heterocycles. The summed E-state index contributed by atoms with van der Waals surface area (Å²) in [7, 11) is 0. The molecule has 0 bridgehead atoms. The quantitative estimate of drug-likeness (QED) is 0.870. The summed E-state index contributed by atoms with van der Waals surface area (Å²) in [6.07, 6.45) is 3.83. The van der Waals surface area contributed by atoms with Crippen molar-refractivity contribution in [3.05, 3.63) is 28.7 Å². The van der Waals surface area contributed by atoms with Crippen molar-refractivity contribution in [1.29, 1.82) is 0 Å². The zero-order chi connectivity index (χ0) is 13.4. The Bertz CT molecular complexity index is 628. The third kappa shape index (κ3) is 2.39. The summed E-state index contributed by atoms with van der Waals surface area (Å²) >= 11 is 0. The first-order valence-electron chi connectivity index (χ1n) is 7.03. The van der Waals surface area contributed by atoms with Gasteiger partial charge in [0.25, 0.3) is 0 Å². The van der Waals surface area contributed by atoms with Gasteiger partial charge in [-0.25, -0.2) is 4.79 Å². The third-order valence-corrected chi connectivity index (χ3v) is 4.48. The lowest BCUT2D eigenvalue weighted by atomic mass is 9.78. The summed E-state index contributed by atoms with van der Waals surface area (Å²) in [5.74, 6) is 1.04. The van der Waals surface area contributed by atoms with Crippen LogP contribution in [0.2, 0.25) is 0 Å². The van der Waals surface area contributed by atoms with Gasteiger partial charge in [0, 0.05) is 11.7 Å². The van der Waals surface area contributed by atoms with E-state index in [1.54, 1.807) is 0 Å². The molecule has 1 aromatic heterocycles. The second-order valence-corrected chi connectivity index (χ2v) is 5.74. The maximum absolute atomic E-state index is 11.1. The zero-order valence-corrected chi connectivity index (χ0v) is 11.4. The van der Waals surface area contributed by atoms with Crippen molar-refractivity contribution in [1.82, 2.24) is 4.98 Å². The summed E-state index contributed by atoms with van der Waals surface area (Å²) in [6, 6.07) is 6.28. The van der Waals surface area contributed by atoms with Crippen LogP contribution in [0.1, 0.15) is 33.1 Å². The smallest absolute Gasteiger partial charge is 0.408 e. The predicted molar refractivity (Wildman–Crippen MR) is 76.4 cm³/mol. The lowest BCUT2D eigenvalue weighted by Crippen LogP contribution is -2.34. The maximum Gasteiger partial charge on any atom is 0.417 e. The minimum Gasteiger partial charge on any atom is -0.408 e. The van der Waals surface area contributed by atoms with E-state index < -0.39 is 5.76 Å². The summed E-state index contributed by atoms with van der Waals surface area (Å²) in [6.45, 7) is 4.65. The Morgan fingerprint density at radius 2 is 2.16 bits per heavy atom. The molecule has 1 aliphatic rings. The first kappa shape index (κ1) is 12.3.